The molecule has 1 aromatic rings. The minimum Gasteiger partial charge on any atom is -0.330 e. The summed E-state index contributed by atoms with van der Waals surface area (Å²) < 4.78 is 0.865. The first-order chi connectivity index (χ1) is 7.24. The van der Waals surface area contributed by atoms with Crippen LogP contribution in [0.4, 0.5) is 0 Å². The van der Waals surface area contributed by atoms with E-state index in [0.717, 1.165) is 24.0 Å². The van der Waals surface area contributed by atoms with Crippen LogP contribution in [0.1, 0.15) is 24.1 Å². The van der Waals surface area contributed by atoms with Crippen LogP contribution in [0.2, 0.25) is 4.34 Å². The molecule has 2 rings (SSSR count). The molecule has 84 valence electrons. The van der Waals surface area contributed by atoms with Crippen LogP contribution in [0.15, 0.2) is 12.1 Å². The van der Waals surface area contributed by atoms with Crippen LogP contribution < -0.4 is 11.1 Å². The molecule has 1 saturated carbocycles. The molecule has 2 nitrogen and oxygen atoms in total. The molecule has 0 bridgehead atoms. The smallest absolute Gasteiger partial charge is 0.0931 e. The van der Waals surface area contributed by atoms with Crippen LogP contribution in [0.25, 0.3) is 0 Å². The van der Waals surface area contributed by atoms with Crippen molar-refractivity contribution in [1.82, 2.24) is 5.32 Å². The van der Waals surface area contributed by atoms with Gasteiger partial charge in [0.15, 0.2) is 0 Å². The third-order valence-electron chi connectivity index (χ3n) is 3.28. The Labute approximate surface area is 99.8 Å². The quantitative estimate of drug-likeness (QED) is 0.836. The molecule has 0 saturated heterocycles. The predicted octanol–water partition coefficient (Wildman–Crippen LogP) is 2.62. The van der Waals surface area contributed by atoms with Crippen LogP contribution in [0.3, 0.4) is 0 Å². The van der Waals surface area contributed by atoms with Crippen molar-refractivity contribution >= 4 is 22.9 Å². The van der Waals surface area contributed by atoms with Gasteiger partial charge in [-0.05, 0) is 36.9 Å². The van der Waals surface area contributed by atoms with Gasteiger partial charge in [0.1, 0.15) is 0 Å². The number of hydrogen-bond donors (Lipinski definition) is 2. The van der Waals surface area contributed by atoms with Gasteiger partial charge in [0.25, 0.3) is 0 Å². The van der Waals surface area contributed by atoms with Crippen LogP contribution in [0.5, 0.6) is 0 Å². The van der Waals surface area contributed by atoms with E-state index in [1.807, 2.05) is 6.07 Å². The first kappa shape index (κ1) is 11.4. The number of thiophene rings is 1. The van der Waals surface area contributed by atoms with Crippen molar-refractivity contribution in [2.75, 3.05) is 13.1 Å². The molecule has 4 heteroatoms. The lowest BCUT2D eigenvalue weighted by Crippen LogP contribution is -2.45. The fourth-order valence-electron chi connectivity index (χ4n) is 2.03. The largest absolute Gasteiger partial charge is 0.330 e. The van der Waals surface area contributed by atoms with Gasteiger partial charge in [0.2, 0.25) is 0 Å². The molecule has 1 aliphatic rings. The maximum atomic E-state index is 5.87. The van der Waals surface area contributed by atoms with E-state index in [4.69, 9.17) is 17.3 Å². The van der Waals surface area contributed by atoms with E-state index in [9.17, 15) is 0 Å². The highest BCUT2D eigenvalue weighted by Gasteiger charge is 2.34. The number of hydrogen-bond acceptors (Lipinski definition) is 3. The minimum atomic E-state index is 0.390. The van der Waals surface area contributed by atoms with Gasteiger partial charge in [-0.25, -0.2) is 0 Å². The second-order valence-electron chi connectivity index (χ2n) is 4.37. The molecule has 0 unspecified atom stereocenters. The molecule has 1 aliphatic carbocycles. The van der Waals surface area contributed by atoms with E-state index in [1.54, 1.807) is 11.3 Å². The zero-order valence-electron chi connectivity index (χ0n) is 8.76. The molecule has 1 aromatic heterocycles. The highest BCUT2D eigenvalue weighted by atomic mass is 35.5. The van der Waals surface area contributed by atoms with Gasteiger partial charge in [-0.3, -0.25) is 0 Å². The highest BCUT2D eigenvalue weighted by molar-refractivity contribution is 7.16. The number of halogens is 1. The van der Waals surface area contributed by atoms with E-state index >= 15 is 0 Å². The molecule has 0 aromatic carbocycles. The van der Waals surface area contributed by atoms with Crippen molar-refractivity contribution in [1.29, 1.82) is 0 Å². The summed E-state index contributed by atoms with van der Waals surface area (Å²) in [5.74, 6) is 0. The zero-order chi connectivity index (χ0) is 10.7. The molecule has 0 spiro atoms. The van der Waals surface area contributed by atoms with Crippen molar-refractivity contribution in [3.05, 3.63) is 21.3 Å². The number of nitrogens with one attached hydrogen (secondary N) is 1. The lowest BCUT2D eigenvalue weighted by molar-refractivity contribution is 0.141. The van der Waals surface area contributed by atoms with Crippen molar-refractivity contribution in [3.63, 3.8) is 0 Å². The summed E-state index contributed by atoms with van der Waals surface area (Å²) in [4.78, 5) is 1.30. The van der Waals surface area contributed by atoms with Gasteiger partial charge >= 0.3 is 0 Å². The Kier molecular flexibility index (Phi) is 3.67. The van der Waals surface area contributed by atoms with Gasteiger partial charge in [-0.1, -0.05) is 18.0 Å². The summed E-state index contributed by atoms with van der Waals surface area (Å²) in [6.07, 6.45) is 3.90. The first-order valence-corrected chi connectivity index (χ1v) is 6.59. The summed E-state index contributed by atoms with van der Waals surface area (Å²) in [5, 5.41) is 3.48. The molecule has 0 amide bonds. The highest BCUT2D eigenvalue weighted by Crippen LogP contribution is 2.39. The minimum absolute atomic E-state index is 0.390. The van der Waals surface area contributed by atoms with Crippen molar-refractivity contribution in [3.8, 4) is 0 Å². The second-order valence-corrected chi connectivity index (χ2v) is 6.17. The van der Waals surface area contributed by atoms with Crippen molar-refractivity contribution < 1.29 is 0 Å². The standard InChI is InChI=1S/C11H17ClN2S/c12-10-3-2-9(15-10)6-14-8-11(7-13)4-1-5-11/h2-3,14H,1,4-8,13H2. The van der Waals surface area contributed by atoms with E-state index in [2.05, 4.69) is 11.4 Å². The Balaban J connectivity index is 1.74. The van der Waals surface area contributed by atoms with Gasteiger partial charge in [-0.2, -0.15) is 0 Å². The summed E-state index contributed by atoms with van der Waals surface area (Å²) in [7, 11) is 0. The Hall–Kier alpha value is -0.0900. The number of rotatable bonds is 5. The molecule has 0 atom stereocenters. The third-order valence-corrected chi connectivity index (χ3v) is 4.51. The SMILES string of the molecule is NCC1(CNCc2ccc(Cl)s2)CCC1. The third kappa shape index (κ3) is 2.72. The summed E-state index contributed by atoms with van der Waals surface area (Å²) >= 11 is 7.51. The monoisotopic (exact) mass is 244 g/mol. The normalized spacial score (nSPS) is 18.8. The molecule has 3 N–H and O–H groups in total. The Bertz CT molecular complexity index is 315. The second kappa shape index (κ2) is 4.83. The first-order valence-electron chi connectivity index (χ1n) is 5.39. The molecule has 1 heterocycles. The molecule has 0 radical (unpaired) electrons. The predicted molar refractivity (Wildman–Crippen MR) is 66.4 cm³/mol. The average Bonchev–Trinajstić information content (AvgIpc) is 2.56. The lowest BCUT2D eigenvalue weighted by Gasteiger charge is -2.41. The zero-order valence-corrected chi connectivity index (χ0v) is 10.3. The maximum absolute atomic E-state index is 5.87. The number of nitrogens with two attached hydrogens (primary N) is 1. The van der Waals surface area contributed by atoms with Gasteiger partial charge < -0.3 is 11.1 Å². The molecule has 0 aliphatic heterocycles. The summed E-state index contributed by atoms with van der Waals surface area (Å²) in [5.41, 5.74) is 6.18. The van der Waals surface area contributed by atoms with Crippen LogP contribution in [-0.4, -0.2) is 13.1 Å². The fraction of sp³-hybridized carbons (Fsp3) is 0.636. The van der Waals surface area contributed by atoms with E-state index in [0.29, 0.717) is 5.41 Å². The van der Waals surface area contributed by atoms with E-state index in [-0.39, 0.29) is 0 Å². The Morgan fingerprint density at radius 1 is 1.47 bits per heavy atom. The van der Waals surface area contributed by atoms with E-state index < -0.39 is 0 Å². The summed E-state index contributed by atoms with van der Waals surface area (Å²) in [6, 6.07) is 4.03. The van der Waals surface area contributed by atoms with Crippen molar-refractivity contribution in [2.45, 2.75) is 25.8 Å². The van der Waals surface area contributed by atoms with Gasteiger partial charge in [0, 0.05) is 18.0 Å². The Morgan fingerprint density at radius 2 is 2.27 bits per heavy atom. The van der Waals surface area contributed by atoms with E-state index in [1.165, 1.54) is 24.1 Å². The van der Waals surface area contributed by atoms with Gasteiger partial charge in [0.05, 0.1) is 4.34 Å². The Morgan fingerprint density at radius 3 is 2.73 bits per heavy atom. The molecule has 1 fully saturated rings. The fourth-order valence-corrected chi connectivity index (χ4v) is 3.08. The average molecular weight is 245 g/mol. The lowest BCUT2D eigenvalue weighted by atomic mass is 9.69. The van der Waals surface area contributed by atoms with Crippen molar-refractivity contribution in [2.24, 2.45) is 11.1 Å². The van der Waals surface area contributed by atoms with Gasteiger partial charge in [-0.15, -0.1) is 11.3 Å². The molecule has 15 heavy (non-hydrogen) atoms. The summed E-state index contributed by atoms with van der Waals surface area (Å²) in [6.45, 7) is 2.77. The van der Waals surface area contributed by atoms with Crippen LogP contribution in [0, 0.1) is 5.41 Å². The molecular weight excluding hydrogens is 228 g/mol. The topological polar surface area (TPSA) is 38.0 Å². The van der Waals surface area contributed by atoms with Crippen LogP contribution in [-0.2, 0) is 6.54 Å². The molecular formula is C11H17ClN2S. The van der Waals surface area contributed by atoms with Crippen LogP contribution >= 0.6 is 22.9 Å². The maximum Gasteiger partial charge on any atom is 0.0931 e.